The monoisotopic (exact) mass is 584 g/mol. The van der Waals surface area contributed by atoms with Crippen molar-refractivity contribution in [3.05, 3.63) is 70.7 Å². The van der Waals surface area contributed by atoms with Crippen LogP contribution in [0.2, 0.25) is 5.02 Å². The highest BCUT2D eigenvalue weighted by Gasteiger charge is 2.43. The quantitative estimate of drug-likeness (QED) is 0.105. The van der Waals surface area contributed by atoms with Gasteiger partial charge in [0.25, 0.3) is 0 Å². The van der Waals surface area contributed by atoms with Crippen LogP contribution in [-0.2, 0) is 9.47 Å². The normalized spacial score (nSPS) is 27.3. The van der Waals surface area contributed by atoms with Crippen molar-refractivity contribution in [3.8, 4) is 11.5 Å². The number of carbonyl (C=O) groups is 1. The van der Waals surface area contributed by atoms with E-state index < -0.39 is 24.2 Å². The highest BCUT2D eigenvalue weighted by atomic mass is 35.5. The molecule has 1 saturated heterocycles. The predicted octanol–water partition coefficient (Wildman–Crippen LogP) is 8.01. The Morgan fingerprint density at radius 1 is 0.951 bits per heavy atom. The highest BCUT2D eigenvalue weighted by molar-refractivity contribution is 6.37. The molecule has 5 nitrogen and oxygen atoms in total. The van der Waals surface area contributed by atoms with Crippen LogP contribution < -0.4 is 9.47 Å². The minimum atomic E-state index is -1.50. The molecule has 218 valence electrons. The molecule has 0 bridgehead atoms. The van der Waals surface area contributed by atoms with Gasteiger partial charge in [0, 0.05) is 30.9 Å². The molecule has 2 saturated carbocycles. The molecular weight excluding hydrogens is 550 g/mol. The van der Waals surface area contributed by atoms with Gasteiger partial charge in [-0.2, -0.15) is 0 Å². The standard InChI is InChI=1S/C33H35ClF2O5/c34-31-25-12-8-23(26-3-1-4-27(35)32(26)36)18-22(25)9-14-29(31)41-33(37)21-6-10-24(11-7-21)39-16-2-15-38-19-20-5-13-28-30(17-20)40-28/h6-12,14,18,20,26-28,30,32H,1-5,13,15-17,19H2. The van der Waals surface area contributed by atoms with Gasteiger partial charge in [-0.05, 0) is 85.7 Å². The van der Waals surface area contributed by atoms with Crippen LogP contribution in [0.25, 0.3) is 10.8 Å². The maximum atomic E-state index is 14.5. The van der Waals surface area contributed by atoms with Crippen LogP contribution in [0.4, 0.5) is 8.78 Å². The first-order valence-corrected chi connectivity index (χ1v) is 15.0. The first kappa shape index (κ1) is 28.4. The Labute approximate surface area is 244 Å². The topological polar surface area (TPSA) is 57.3 Å². The Balaban J connectivity index is 0.983. The summed E-state index contributed by atoms with van der Waals surface area (Å²) < 4.78 is 51.2. The molecule has 0 amide bonds. The van der Waals surface area contributed by atoms with Gasteiger partial charge < -0.3 is 18.9 Å². The van der Waals surface area contributed by atoms with E-state index in [2.05, 4.69) is 0 Å². The van der Waals surface area contributed by atoms with Crippen LogP contribution in [0.5, 0.6) is 11.5 Å². The molecule has 1 aliphatic heterocycles. The number of carbonyl (C=O) groups excluding carboxylic acids is 1. The Morgan fingerprint density at radius 3 is 2.63 bits per heavy atom. The lowest BCUT2D eigenvalue weighted by Gasteiger charge is -2.29. The largest absolute Gasteiger partial charge is 0.494 e. The predicted molar refractivity (Wildman–Crippen MR) is 154 cm³/mol. The number of epoxide rings is 1. The molecule has 3 aromatic carbocycles. The lowest BCUT2D eigenvalue weighted by Crippen LogP contribution is -2.29. The molecule has 6 rings (SSSR count). The van der Waals surface area contributed by atoms with Gasteiger partial charge in [0.2, 0.25) is 0 Å². The molecule has 8 heteroatoms. The lowest BCUT2D eigenvalue weighted by atomic mass is 9.81. The van der Waals surface area contributed by atoms with Gasteiger partial charge >= 0.3 is 5.97 Å². The summed E-state index contributed by atoms with van der Waals surface area (Å²) >= 11 is 6.59. The summed E-state index contributed by atoms with van der Waals surface area (Å²) in [6.07, 6.45) is 3.88. The SMILES string of the molecule is O=C(Oc1ccc2cc(C3CCCC(F)C3F)ccc2c1Cl)c1ccc(OCCCOCC2CCC3OC3C2)cc1. The van der Waals surface area contributed by atoms with E-state index in [1.54, 1.807) is 48.5 Å². The van der Waals surface area contributed by atoms with Crippen molar-refractivity contribution in [1.82, 2.24) is 0 Å². The molecule has 2 aliphatic carbocycles. The molecular formula is C33H35ClF2O5. The van der Waals surface area contributed by atoms with Gasteiger partial charge in [-0.25, -0.2) is 13.6 Å². The third kappa shape index (κ3) is 6.68. The second-order valence-corrected chi connectivity index (χ2v) is 11.8. The maximum absolute atomic E-state index is 14.5. The van der Waals surface area contributed by atoms with Crippen LogP contribution in [0.15, 0.2) is 54.6 Å². The fraction of sp³-hybridized carbons (Fsp3) is 0.485. The van der Waals surface area contributed by atoms with Crippen molar-refractivity contribution in [1.29, 1.82) is 0 Å². The molecule has 3 aliphatic rings. The number of hydrogen-bond acceptors (Lipinski definition) is 5. The Kier molecular flexibility index (Phi) is 8.75. The Hall–Kier alpha value is -2.74. The molecule has 0 aromatic heterocycles. The maximum Gasteiger partial charge on any atom is 0.343 e. The number of benzene rings is 3. The minimum Gasteiger partial charge on any atom is -0.494 e. The van der Waals surface area contributed by atoms with Gasteiger partial charge in [-0.15, -0.1) is 0 Å². The zero-order valence-corrected chi connectivity index (χ0v) is 23.7. The molecule has 0 N–H and O–H groups in total. The van der Waals surface area contributed by atoms with Crippen molar-refractivity contribution in [2.24, 2.45) is 5.92 Å². The molecule has 3 fully saturated rings. The van der Waals surface area contributed by atoms with Crippen LogP contribution >= 0.6 is 11.6 Å². The van der Waals surface area contributed by atoms with Gasteiger partial charge in [0.1, 0.15) is 23.8 Å². The summed E-state index contributed by atoms with van der Waals surface area (Å²) in [6.45, 7) is 1.96. The van der Waals surface area contributed by atoms with Crippen molar-refractivity contribution < 1.29 is 32.5 Å². The van der Waals surface area contributed by atoms with Gasteiger partial charge in [-0.1, -0.05) is 35.9 Å². The summed E-state index contributed by atoms with van der Waals surface area (Å²) in [5.74, 6) is 0.502. The number of alkyl halides is 2. The van der Waals surface area contributed by atoms with Gasteiger partial charge in [0.15, 0.2) is 0 Å². The number of ether oxygens (including phenoxy) is 4. The van der Waals surface area contributed by atoms with Crippen molar-refractivity contribution in [2.75, 3.05) is 19.8 Å². The van der Waals surface area contributed by atoms with E-state index in [1.807, 2.05) is 6.07 Å². The summed E-state index contributed by atoms with van der Waals surface area (Å²) in [5, 5.41) is 1.76. The van der Waals surface area contributed by atoms with E-state index in [0.29, 0.717) is 65.9 Å². The first-order chi connectivity index (χ1) is 20.0. The van der Waals surface area contributed by atoms with E-state index >= 15 is 0 Å². The second-order valence-electron chi connectivity index (χ2n) is 11.4. The molecule has 3 aromatic rings. The smallest absolute Gasteiger partial charge is 0.343 e. The minimum absolute atomic E-state index is 0.236. The Morgan fingerprint density at radius 2 is 1.80 bits per heavy atom. The van der Waals surface area contributed by atoms with Crippen LogP contribution in [-0.4, -0.2) is 50.3 Å². The summed E-state index contributed by atoms with van der Waals surface area (Å²) in [7, 11) is 0. The Bertz CT molecular complexity index is 1370. The van der Waals surface area contributed by atoms with Crippen LogP contribution in [0.3, 0.4) is 0 Å². The lowest BCUT2D eigenvalue weighted by molar-refractivity contribution is 0.0735. The number of halogens is 3. The fourth-order valence-corrected chi connectivity index (χ4v) is 6.41. The first-order valence-electron chi connectivity index (χ1n) is 14.6. The summed E-state index contributed by atoms with van der Waals surface area (Å²) in [6, 6.07) is 15.6. The zero-order valence-electron chi connectivity index (χ0n) is 22.9. The van der Waals surface area contributed by atoms with Crippen molar-refractivity contribution >= 4 is 28.3 Å². The van der Waals surface area contributed by atoms with Gasteiger partial charge in [0.05, 0.1) is 29.4 Å². The van der Waals surface area contributed by atoms with Gasteiger partial charge in [-0.3, -0.25) is 0 Å². The fourth-order valence-electron chi connectivity index (χ4n) is 6.14. The summed E-state index contributed by atoms with van der Waals surface area (Å²) in [5.41, 5.74) is 1.13. The van der Waals surface area contributed by atoms with Crippen molar-refractivity contribution in [2.45, 2.75) is 75.4 Å². The summed E-state index contributed by atoms with van der Waals surface area (Å²) in [4.78, 5) is 12.8. The zero-order chi connectivity index (χ0) is 28.3. The average Bonchev–Trinajstić information content (AvgIpc) is 3.77. The number of hydrogen-bond donors (Lipinski definition) is 0. The van der Waals surface area contributed by atoms with E-state index in [0.717, 1.165) is 36.8 Å². The third-order valence-corrected chi connectivity index (χ3v) is 8.95. The van der Waals surface area contributed by atoms with E-state index in [1.165, 1.54) is 6.42 Å². The molecule has 6 unspecified atom stereocenters. The molecule has 6 atom stereocenters. The van der Waals surface area contributed by atoms with E-state index in [-0.39, 0.29) is 12.2 Å². The number of rotatable bonds is 10. The highest BCUT2D eigenvalue weighted by Crippen LogP contribution is 2.41. The van der Waals surface area contributed by atoms with Crippen molar-refractivity contribution in [3.63, 3.8) is 0 Å². The molecule has 0 radical (unpaired) electrons. The van der Waals surface area contributed by atoms with E-state index in [4.69, 9.17) is 30.5 Å². The second kappa shape index (κ2) is 12.6. The number of esters is 1. The molecule has 41 heavy (non-hydrogen) atoms. The van der Waals surface area contributed by atoms with Crippen LogP contribution in [0, 0.1) is 5.92 Å². The molecule has 1 heterocycles. The molecule has 0 spiro atoms. The van der Waals surface area contributed by atoms with E-state index in [9.17, 15) is 13.6 Å². The van der Waals surface area contributed by atoms with Crippen LogP contribution in [0.1, 0.15) is 66.8 Å². The third-order valence-electron chi connectivity index (χ3n) is 8.56. The average molecular weight is 585 g/mol. The number of fused-ring (bicyclic) bond motifs is 2.